The van der Waals surface area contributed by atoms with Gasteiger partial charge in [-0.3, -0.25) is 14.7 Å². The first kappa shape index (κ1) is 20.6. The molecule has 2 fully saturated rings. The lowest BCUT2D eigenvalue weighted by atomic mass is 9.74. The molecule has 154 valence electrons. The van der Waals surface area contributed by atoms with E-state index in [1.54, 1.807) is 14.1 Å². The van der Waals surface area contributed by atoms with Crippen molar-refractivity contribution < 1.29 is 9.53 Å². The zero-order valence-electron chi connectivity index (χ0n) is 17.5. The van der Waals surface area contributed by atoms with E-state index in [2.05, 4.69) is 21.8 Å². The SMILES string of the molecule is C=CC1=C(C/C(C(=NC)C(=O)NC)=C(\C)N)CC2CCCN3CCCCC23O1. The van der Waals surface area contributed by atoms with E-state index in [4.69, 9.17) is 10.5 Å². The van der Waals surface area contributed by atoms with Gasteiger partial charge in [-0.2, -0.15) is 0 Å². The quantitative estimate of drug-likeness (QED) is 0.712. The Morgan fingerprint density at radius 2 is 2.18 bits per heavy atom. The Balaban J connectivity index is 1.94. The molecular weight excluding hydrogens is 352 g/mol. The number of hydrogen-bond acceptors (Lipinski definition) is 5. The van der Waals surface area contributed by atoms with Crippen LogP contribution in [0.4, 0.5) is 0 Å². The number of allylic oxidation sites excluding steroid dienone is 3. The van der Waals surface area contributed by atoms with Gasteiger partial charge < -0.3 is 15.8 Å². The van der Waals surface area contributed by atoms with E-state index < -0.39 is 0 Å². The maximum absolute atomic E-state index is 12.3. The van der Waals surface area contributed by atoms with Crippen LogP contribution >= 0.6 is 0 Å². The Bertz CT molecular complexity index is 731. The summed E-state index contributed by atoms with van der Waals surface area (Å²) in [5.41, 5.74) is 8.94. The number of nitrogens with one attached hydrogen (secondary N) is 1. The van der Waals surface area contributed by atoms with E-state index >= 15 is 0 Å². The molecule has 6 nitrogen and oxygen atoms in total. The summed E-state index contributed by atoms with van der Waals surface area (Å²) in [6.45, 7) is 8.08. The van der Waals surface area contributed by atoms with E-state index in [0.29, 0.717) is 23.7 Å². The van der Waals surface area contributed by atoms with Crippen LogP contribution in [0.3, 0.4) is 0 Å². The highest BCUT2D eigenvalue weighted by molar-refractivity contribution is 6.45. The summed E-state index contributed by atoms with van der Waals surface area (Å²) in [5.74, 6) is 1.12. The highest BCUT2D eigenvalue weighted by Crippen LogP contribution is 2.50. The number of nitrogens with two attached hydrogens (primary N) is 1. The minimum Gasteiger partial charge on any atom is -0.472 e. The van der Waals surface area contributed by atoms with Crippen molar-refractivity contribution in [1.82, 2.24) is 10.2 Å². The number of carbonyl (C=O) groups is 1. The molecule has 0 radical (unpaired) electrons. The van der Waals surface area contributed by atoms with Crippen LogP contribution in [0.2, 0.25) is 0 Å². The average molecular weight is 387 g/mol. The molecule has 0 aromatic carbocycles. The molecule has 1 amide bonds. The van der Waals surface area contributed by atoms with Gasteiger partial charge in [0.05, 0.1) is 0 Å². The summed E-state index contributed by atoms with van der Waals surface area (Å²) in [5, 5.41) is 2.66. The van der Waals surface area contributed by atoms with Crippen LogP contribution in [0.1, 0.15) is 51.9 Å². The number of hydrogen-bond donors (Lipinski definition) is 2. The number of aliphatic imine (C=N–C) groups is 1. The molecule has 2 saturated heterocycles. The van der Waals surface area contributed by atoms with Gasteiger partial charge in [-0.15, -0.1) is 0 Å². The van der Waals surface area contributed by atoms with E-state index in [-0.39, 0.29) is 11.6 Å². The molecule has 6 heteroatoms. The van der Waals surface area contributed by atoms with E-state index in [1.165, 1.54) is 31.3 Å². The second-order valence-electron chi connectivity index (χ2n) is 8.10. The standard InChI is InChI=1S/C22H34N4O2/c1-5-19-16(14-18(15(2)23)20(24-3)21(27)25-4)13-17-9-8-12-26-11-7-6-10-22(17,26)28-19/h5,17H,1,6-14,23H2,2-4H3,(H,25,27)/b18-15-,24-20?. The fourth-order valence-corrected chi connectivity index (χ4v) is 5.13. The van der Waals surface area contributed by atoms with Gasteiger partial charge in [0.15, 0.2) is 5.72 Å². The van der Waals surface area contributed by atoms with Gasteiger partial charge in [0.1, 0.15) is 11.5 Å². The summed E-state index contributed by atoms with van der Waals surface area (Å²) in [4.78, 5) is 19.1. The summed E-state index contributed by atoms with van der Waals surface area (Å²) >= 11 is 0. The largest absolute Gasteiger partial charge is 0.472 e. The first-order valence-corrected chi connectivity index (χ1v) is 10.4. The number of nitrogens with zero attached hydrogens (tertiary/aromatic N) is 2. The number of ether oxygens (including phenoxy) is 1. The lowest BCUT2D eigenvalue weighted by Gasteiger charge is -2.56. The molecule has 1 spiro atoms. The van der Waals surface area contributed by atoms with Gasteiger partial charge in [0.2, 0.25) is 0 Å². The molecule has 0 aromatic heterocycles. The minimum absolute atomic E-state index is 0.173. The molecule has 3 aliphatic heterocycles. The normalized spacial score (nSPS) is 29.2. The maximum Gasteiger partial charge on any atom is 0.269 e. The minimum atomic E-state index is -0.215. The molecule has 3 heterocycles. The molecule has 2 atom stereocenters. The third-order valence-corrected chi connectivity index (χ3v) is 6.50. The molecule has 0 aromatic rings. The van der Waals surface area contributed by atoms with E-state index in [1.807, 2.05) is 13.0 Å². The maximum atomic E-state index is 12.3. The molecule has 0 saturated carbocycles. The summed E-state index contributed by atoms with van der Waals surface area (Å²) < 4.78 is 6.71. The molecule has 3 aliphatic rings. The molecule has 3 N–H and O–H groups in total. The molecule has 2 unspecified atom stereocenters. The van der Waals surface area contributed by atoms with Gasteiger partial charge in [-0.25, -0.2) is 0 Å². The highest BCUT2D eigenvalue weighted by atomic mass is 16.5. The first-order valence-electron chi connectivity index (χ1n) is 10.4. The van der Waals surface area contributed by atoms with Crippen molar-refractivity contribution in [2.75, 3.05) is 27.2 Å². The number of rotatable bonds is 5. The topological polar surface area (TPSA) is 80.0 Å². The zero-order valence-corrected chi connectivity index (χ0v) is 17.5. The van der Waals surface area contributed by atoms with Crippen molar-refractivity contribution in [2.45, 2.75) is 57.6 Å². The van der Waals surface area contributed by atoms with Crippen LogP contribution in [-0.2, 0) is 9.53 Å². The Morgan fingerprint density at radius 1 is 1.43 bits per heavy atom. The Kier molecular flexibility index (Phi) is 6.28. The number of amides is 1. The second kappa shape index (κ2) is 8.52. The van der Waals surface area contributed by atoms with Crippen molar-refractivity contribution in [3.63, 3.8) is 0 Å². The summed E-state index contributed by atoms with van der Waals surface area (Å²) in [6.07, 6.45) is 9.28. The van der Waals surface area contributed by atoms with Gasteiger partial charge in [0.25, 0.3) is 5.91 Å². The van der Waals surface area contributed by atoms with Gasteiger partial charge >= 0.3 is 0 Å². The van der Waals surface area contributed by atoms with Gasteiger partial charge in [0, 0.05) is 57.2 Å². The fourth-order valence-electron chi connectivity index (χ4n) is 5.13. The van der Waals surface area contributed by atoms with Crippen molar-refractivity contribution >= 4 is 11.6 Å². The zero-order chi connectivity index (χ0) is 20.3. The van der Waals surface area contributed by atoms with Crippen LogP contribution in [0.15, 0.2) is 40.2 Å². The third kappa shape index (κ3) is 3.62. The average Bonchev–Trinajstić information content (AvgIpc) is 2.71. The van der Waals surface area contributed by atoms with Crippen LogP contribution < -0.4 is 11.1 Å². The fraction of sp³-hybridized carbons (Fsp3) is 0.636. The lowest BCUT2D eigenvalue weighted by molar-refractivity contribution is -0.208. The first-order chi connectivity index (χ1) is 13.5. The van der Waals surface area contributed by atoms with Crippen molar-refractivity contribution in [2.24, 2.45) is 16.6 Å². The number of carbonyl (C=O) groups excluding carboxylic acids is 1. The highest BCUT2D eigenvalue weighted by Gasteiger charge is 2.52. The van der Waals surface area contributed by atoms with Crippen LogP contribution in [0.25, 0.3) is 0 Å². The Morgan fingerprint density at radius 3 is 2.82 bits per heavy atom. The predicted molar refractivity (Wildman–Crippen MR) is 113 cm³/mol. The summed E-state index contributed by atoms with van der Waals surface area (Å²) in [7, 11) is 3.24. The van der Waals surface area contributed by atoms with Crippen LogP contribution in [-0.4, -0.2) is 49.4 Å². The molecular formula is C22H34N4O2. The van der Waals surface area contributed by atoms with Crippen molar-refractivity contribution in [1.29, 1.82) is 0 Å². The van der Waals surface area contributed by atoms with Crippen molar-refractivity contribution in [3.05, 3.63) is 35.3 Å². The molecule has 3 rings (SSSR count). The predicted octanol–water partition coefficient (Wildman–Crippen LogP) is 2.88. The van der Waals surface area contributed by atoms with Gasteiger partial charge in [-0.05, 0) is 50.7 Å². The molecule has 28 heavy (non-hydrogen) atoms. The Labute approximate surface area is 168 Å². The summed E-state index contributed by atoms with van der Waals surface area (Å²) in [6, 6.07) is 0. The lowest BCUT2D eigenvalue weighted by Crippen LogP contribution is -2.62. The van der Waals surface area contributed by atoms with Crippen LogP contribution in [0, 0.1) is 5.92 Å². The molecule has 0 bridgehead atoms. The van der Waals surface area contributed by atoms with Gasteiger partial charge in [-0.1, -0.05) is 6.58 Å². The number of piperidine rings is 2. The monoisotopic (exact) mass is 386 g/mol. The van der Waals surface area contributed by atoms with E-state index in [9.17, 15) is 4.79 Å². The van der Waals surface area contributed by atoms with Crippen LogP contribution in [0.5, 0.6) is 0 Å². The second-order valence-corrected chi connectivity index (χ2v) is 8.10. The third-order valence-electron chi connectivity index (χ3n) is 6.50. The Hall–Kier alpha value is -2.08. The van der Waals surface area contributed by atoms with Crippen molar-refractivity contribution in [3.8, 4) is 0 Å². The molecule has 0 aliphatic carbocycles. The smallest absolute Gasteiger partial charge is 0.269 e. The van der Waals surface area contributed by atoms with E-state index in [0.717, 1.165) is 37.3 Å².